The van der Waals surface area contributed by atoms with E-state index in [-0.39, 0.29) is 22.0 Å². The molecule has 0 unspecified atom stereocenters. The molecule has 1 amide bonds. The van der Waals surface area contributed by atoms with E-state index in [1.54, 1.807) is 38.4 Å². The molecule has 0 aliphatic heterocycles. The van der Waals surface area contributed by atoms with Gasteiger partial charge in [-0.1, -0.05) is 24.3 Å². The summed E-state index contributed by atoms with van der Waals surface area (Å²) in [6.45, 7) is 3.54. The molecule has 3 aromatic carbocycles. The molecule has 0 saturated carbocycles. The molecule has 4 rings (SSSR count). The van der Waals surface area contributed by atoms with E-state index in [2.05, 4.69) is 15.1 Å². The van der Waals surface area contributed by atoms with Crippen molar-refractivity contribution < 1.29 is 22.3 Å². The van der Waals surface area contributed by atoms with Gasteiger partial charge < -0.3 is 10.1 Å². The van der Waals surface area contributed by atoms with Crippen molar-refractivity contribution in [3.8, 4) is 11.4 Å². The maximum Gasteiger partial charge on any atom is 0.276 e. The molecule has 180 valence electrons. The maximum atomic E-state index is 14.0. The highest BCUT2D eigenvalue weighted by Gasteiger charge is 2.20. The van der Waals surface area contributed by atoms with Crippen molar-refractivity contribution in [1.29, 1.82) is 0 Å². The highest BCUT2D eigenvalue weighted by atomic mass is 32.2. The van der Waals surface area contributed by atoms with Crippen LogP contribution in [0, 0.1) is 19.7 Å². The standard InChI is InChI=1S/C25H23FN4O4S/c1-16-8-11-23(34-3)22(14-16)30-13-12-21(28-30)25(31)27-18-10-9-17(2)24(15-18)35(32,33)29-20-7-5-4-6-19(20)26/h4-15,29H,1-3H3,(H,27,31). The molecule has 35 heavy (non-hydrogen) atoms. The average Bonchev–Trinajstić information content (AvgIpc) is 3.32. The fraction of sp³-hybridized carbons (Fsp3) is 0.120. The summed E-state index contributed by atoms with van der Waals surface area (Å²) in [6.07, 6.45) is 1.63. The van der Waals surface area contributed by atoms with Crippen LogP contribution in [-0.2, 0) is 10.0 Å². The predicted molar refractivity (Wildman–Crippen MR) is 131 cm³/mol. The number of anilines is 2. The Kier molecular flexibility index (Phi) is 6.57. The number of sulfonamides is 1. The summed E-state index contributed by atoms with van der Waals surface area (Å²) in [6, 6.07) is 17.1. The second-order valence-corrected chi connectivity index (χ2v) is 9.49. The summed E-state index contributed by atoms with van der Waals surface area (Å²) >= 11 is 0. The Morgan fingerprint density at radius 2 is 1.80 bits per heavy atom. The number of rotatable bonds is 7. The average molecular weight is 495 g/mol. The number of benzene rings is 3. The number of nitrogens with one attached hydrogen (secondary N) is 2. The van der Waals surface area contributed by atoms with Crippen LogP contribution in [0.5, 0.6) is 5.75 Å². The van der Waals surface area contributed by atoms with Crippen LogP contribution in [0.4, 0.5) is 15.8 Å². The van der Waals surface area contributed by atoms with Crippen LogP contribution in [0.25, 0.3) is 5.69 Å². The lowest BCUT2D eigenvalue weighted by Crippen LogP contribution is -2.17. The Labute approximate surface area is 202 Å². The van der Waals surface area contributed by atoms with Gasteiger partial charge >= 0.3 is 0 Å². The van der Waals surface area contributed by atoms with Crippen molar-refractivity contribution in [2.75, 3.05) is 17.1 Å². The zero-order valence-corrected chi connectivity index (χ0v) is 20.1. The van der Waals surface area contributed by atoms with E-state index in [0.29, 0.717) is 17.0 Å². The topological polar surface area (TPSA) is 102 Å². The number of amides is 1. The smallest absolute Gasteiger partial charge is 0.276 e. The lowest BCUT2D eigenvalue weighted by atomic mass is 10.2. The van der Waals surface area contributed by atoms with Crippen molar-refractivity contribution in [3.63, 3.8) is 0 Å². The molecule has 0 atom stereocenters. The van der Waals surface area contributed by atoms with Crippen LogP contribution in [0.3, 0.4) is 0 Å². The summed E-state index contributed by atoms with van der Waals surface area (Å²) in [7, 11) is -2.56. The van der Waals surface area contributed by atoms with Gasteiger partial charge in [0.2, 0.25) is 0 Å². The van der Waals surface area contributed by atoms with Crippen LogP contribution in [-0.4, -0.2) is 31.2 Å². The SMILES string of the molecule is COc1ccc(C)cc1-n1ccc(C(=O)Nc2ccc(C)c(S(=O)(=O)Nc3ccccc3F)c2)n1. The molecular weight excluding hydrogens is 471 g/mol. The first-order valence-electron chi connectivity index (χ1n) is 10.6. The summed E-state index contributed by atoms with van der Waals surface area (Å²) in [4.78, 5) is 12.7. The minimum absolute atomic E-state index is 0.0893. The number of carbonyl (C=O) groups excluding carboxylic acids is 1. The van der Waals surface area contributed by atoms with Gasteiger partial charge in [0.05, 0.1) is 17.7 Å². The highest BCUT2D eigenvalue weighted by molar-refractivity contribution is 7.92. The predicted octanol–water partition coefficient (Wildman–Crippen LogP) is 4.69. The quantitative estimate of drug-likeness (QED) is 0.388. The molecule has 0 spiro atoms. The number of carbonyl (C=O) groups is 1. The number of halogens is 1. The molecule has 0 saturated heterocycles. The third-order valence-electron chi connectivity index (χ3n) is 5.26. The zero-order valence-electron chi connectivity index (χ0n) is 19.2. The van der Waals surface area contributed by atoms with Gasteiger partial charge in [-0.25, -0.2) is 17.5 Å². The lowest BCUT2D eigenvalue weighted by molar-refractivity contribution is 0.102. The number of nitrogens with zero attached hydrogens (tertiary/aromatic N) is 2. The Bertz CT molecular complexity index is 1520. The van der Waals surface area contributed by atoms with Crippen LogP contribution in [0.15, 0.2) is 77.8 Å². The van der Waals surface area contributed by atoms with Gasteiger partial charge in [-0.15, -0.1) is 0 Å². The van der Waals surface area contributed by atoms with E-state index >= 15 is 0 Å². The Hall–Kier alpha value is -4.18. The van der Waals surface area contributed by atoms with Crippen LogP contribution < -0.4 is 14.8 Å². The van der Waals surface area contributed by atoms with Gasteiger partial charge in [-0.3, -0.25) is 9.52 Å². The number of aryl methyl sites for hydroxylation is 2. The Morgan fingerprint density at radius 1 is 1.03 bits per heavy atom. The van der Waals surface area contributed by atoms with Crippen LogP contribution in [0.1, 0.15) is 21.6 Å². The van der Waals surface area contributed by atoms with E-state index in [9.17, 15) is 17.6 Å². The fourth-order valence-electron chi connectivity index (χ4n) is 3.46. The second-order valence-electron chi connectivity index (χ2n) is 7.84. The number of aromatic nitrogens is 2. The van der Waals surface area contributed by atoms with E-state index in [4.69, 9.17) is 4.74 Å². The minimum atomic E-state index is -4.11. The number of hydrogen-bond acceptors (Lipinski definition) is 5. The van der Waals surface area contributed by atoms with Crippen molar-refractivity contribution in [2.45, 2.75) is 18.7 Å². The van der Waals surface area contributed by atoms with E-state index in [1.165, 1.54) is 28.9 Å². The number of hydrogen-bond donors (Lipinski definition) is 2. The van der Waals surface area contributed by atoms with Gasteiger partial charge in [0.25, 0.3) is 15.9 Å². The van der Waals surface area contributed by atoms with Gasteiger partial charge in [0, 0.05) is 11.9 Å². The molecule has 0 bridgehead atoms. The third kappa shape index (κ3) is 5.17. The highest BCUT2D eigenvalue weighted by Crippen LogP contribution is 2.26. The zero-order chi connectivity index (χ0) is 25.2. The number of methoxy groups -OCH3 is 1. The van der Waals surface area contributed by atoms with Gasteiger partial charge in [-0.05, 0) is 67.4 Å². The number of para-hydroxylation sites is 1. The van der Waals surface area contributed by atoms with E-state index in [1.807, 2.05) is 25.1 Å². The van der Waals surface area contributed by atoms with E-state index in [0.717, 1.165) is 11.6 Å². The molecular formula is C25H23FN4O4S. The summed E-state index contributed by atoms with van der Waals surface area (Å²) in [5.41, 5.74) is 2.32. The molecule has 0 radical (unpaired) electrons. The van der Waals surface area contributed by atoms with Crippen LogP contribution >= 0.6 is 0 Å². The third-order valence-corrected chi connectivity index (χ3v) is 6.76. The van der Waals surface area contributed by atoms with Crippen LogP contribution in [0.2, 0.25) is 0 Å². The first-order chi connectivity index (χ1) is 16.7. The van der Waals surface area contributed by atoms with Gasteiger partial charge in [0.1, 0.15) is 17.3 Å². The molecule has 2 N–H and O–H groups in total. The molecule has 10 heteroatoms. The van der Waals surface area contributed by atoms with Crippen molar-refractivity contribution >= 4 is 27.3 Å². The summed E-state index contributed by atoms with van der Waals surface area (Å²) in [5.74, 6) is -0.620. The molecule has 1 heterocycles. The minimum Gasteiger partial charge on any atom is -0.494 e. The molecule has 0 fully saturated rings. The maximum absolute atomic E-state index is 14.0. The number of ether oxygens (including phenoxy) is 1. The molecule has 0 aliphatic carbocycles. The molecule has 1 aromatic heterocycles. The second kappa shape index (κ2) is 9.59. The lowest BCUT2D eigenvalue weighted by Gasteiger charge is -2.13. The van der Waals surface area contributed by atoms with E-state index < -0.39 is 21.7 Å². The summed E-state index contributed by atoms with van der Waals surface area (Å²) in [5, 5.41) is 7.00. The van der Waals surface area contributed by atoms with Crippen molar-refractivity contribution in [1.82, 2.24) is 9.78 Å². The Balaban J connectivity index is 1.57. The first kappa shape index (κ1) is 24.0. The normalized spacial score (nSPS) is 11.2. The fourth-order valence-corrected chi connectivity index (χ4v) is 4.80. The largest absolute Gasteiger partial charge is 0.494 e. The van der Waals surface area contributed by atoms with Crippen molar-refractivity contribution in [2.24, 2.45) is 0 Å². The van der Waals surface area contributed by atoms with Gasteiger partial charge in [-0.2, -0.15) is 5.10 Å². The molecule has 4 aromatic rings. The first-order valence-corrected chi connectivity index (χ1v) is 12.1. The summed E-state index contributed by atoms with van der Waals surface area (Å²) < 4.78 is 49.0. The monoisotopic (exact) mass is 494 g/mol. The van der Waals surface area contributed by atoms with Gasteiger partial charge in [0.15, 0.2) is 5.69 Å². The Morgan fingerprint density at radius 3 is 2.54 bits per heavy atom. The van der Waals surface area contributed by atoms with Crippen molar-refractivity contribution in [3.05, 3.63) is 95.6 Å². The molecule has 8 nitrogen and oxygen atoms in total. The molecule has 0 aliphatic rings.